The van der Waals surface area contributed by atoms with Crippen molar-refractivity contribution >= 4 is 5.97 Å². The molecule has 0 amide bonds. The van der Waals surface area contributed by atoms with E-state index in [1.807, 2.05) is 13.8 Å². The van der Waals surface area contributed by atoms with Crippen LogP contribution in [0.25, 0.3) is 0 Å². The van der Waals surface area contributed by atoms with Gasteiger partial charge in [0.1, 0.15) is 0 Å². The Morgan fingerprint density at radius 2 is 1.14 bits per heavy atom. The highest BCUT2D eigenvalue weighted by Crippen LogP contribution is 2.10. The quantitative estimate of drug-likeness (QED) is 0.175. The van der Waals surface area contributed by atoms with E-state index in [0.717, 1.165) is 6.42 Å². The van der Waals surface area contributed by atoms with E-state index in [1.165, 1.54) is 63.4 Å². The van der Waals surface area contributed by atoms with Gasteiger partial charge in [-0.2, -0.15) is 0 Å². The Labute approximate surface area is 139 Å². The van der Waals surface area contributed by atoms with Crippen molar-refractivity contribution in [2.75, 3.05) is 6.61 Å². The minimum Gasteiger partial charge on any atom is -0.462 e. The molecule has 2 nitrogen and oxygen atoms in total. The molecule has 0 saturated heterocycles. The lowest BCUT2D eigenvalue weighted by Crippen LogP contribution is -2.05. The van der Waals surface area contributed by atoms with Crippen LogP contribution in [-0.2, 0) is 9.53 Å². The Morgan fingerprint density at radius 1 is 0.773 bits per heavy atom. The van der Waals surface area contributed by atoms with Gasteiger partial charge in [-0.25, -0.2) is 4.79 Å². The molecular formula is C20H38O2. The van der Waals surface area contributed by atoms with E-state index in [0.29, 0.717) is 12.2 Å². The van der Waals surface area contributed by atoms with Gasteiger partial charge < -0.3 is 4.74 Å². The molecule has 0 aromatic rings. The predicted octanol–water partition coefficient (Wildman–Crippen LogP) is 6.61. The number of ether oxygens (including phenoxy) is 1. The maximum absolute atomic E-state index is 11.1. The second kappa shape index (κ2) is 18.0. The van der Waals surface area contributed by atoms with Crippen LogP contribution >= 0.6 is 0 Å². The zero-order valence-corrected chi connectivity index (χ0v) is 15.5. The molecule has 0 rings (SSSR count). The third kappa shape index (κ3) is 24.0. The van der Waals surface area contributed by atoms with Crippen LogP contribution in [0, 0.1) is 0 Å². The standard InChI is InChI=1S/C16H30O2.C4H8/c1-4-5-6-7-8-9-10-11-12-13-14-18-16(17)15(2)3;1-4(2)3/h2,4-14H2,1,3H3;1H2,2-3H3. The Morgan fingerprint density at radius 3 is 1.50 bits per heavy atom. The molecule has 0 radical (unpaired) electrons. The Hall–Kier alpha value is -1.05. The Kier molecular flexibility index (Phi) is 19.0. The molecule has 0 aliphatic rings. The number of carbonyl (C=O) groups is 1. The van der Waals surface area contributed by atoms with Crippen LogP contribution in [0.1, 0.15) is 91.9 Å². The number of carbonyl (C=O) groups excluding carboxylic acids is 1. The van der Waals surface area contributed by atoms with E-state index < -0.39 is 0 Å². The van der Waals surface area contributed by atoms with Gasteiger partial charge in [0.2, 0.25) is 0 Å². The van der Waals surface area contributed by atoms with Gasteiger partial charge in [-0.05, 0) is 27.2 Å². The first-order valence-corrected chi connectivity index (χ1v) is 8.86. The van der Waals surface area contributed by atoms with Crippen LogP contribution in [0.4, 0.5) is 0 Å². The van der Waals surface area contributed by atoms with Gasteiger partial charge in [-0.15, -0.1) is 6.58 Å². The molecule has 0 aromatic heterocycles. The zero-order valence-electron chi connectivity index (χ0n) is 15.5. The predicted molar refractivity (Wildman–Crippen MR) is 98.1 cm³/mol. The van der Waals surface area contributed by atoms with Crippen molar-refractivity contribution in [2.24, 2.45) is 0 Å². The van der Waals surface area contributed by atoms with Crippen molar-refractivity contribution < 1.29 is 9.53 Å². The maximum Gasteiger partial charge on any atom is 0.333 e. The van der Waals surface area contributed by atoms with Crippen LogP contribution in [0.3, 0.4) is 0 Å². The summed E-state index contributed by atoms with van der Waals surface area (Å²) in [5.41, 5.74) is 1.65. The number of allylic oxidation sites excluding steroid dienone is 1. The second-order valence-electron chi connectivity index (χ2n) is 6.31. The molecular weight excluding hydrogens is 272 g/mol. The Balaban J connectivity index is 0. The van der Waals surface area contributed by atoms with E-state index in [2.05, 4.69) is 20.1 Å². The normalized spacial score (nSPS) is 9.64. The summed E-state index contributed by atoms with van der Waals surface area (Å²) in [7, 11) is 0. The minimum atomic E-state index is -0.258. The molecule has 0 bridgehead atoms. The molecule has 0 N–H and O–H groups in total. The largest absolute Gasteiger partial charge is 0.462 e. The maximum atomic E-state index is 11.1. The highest BCUT2D eigenvalue weighted by Gasteiger charge is 2.01. The molecule has 0 aliphatic heterocycles. The van der Waals surface area contributed by atoms with Crippen LogP contribution in [0.15, 0.2) is 24.3 Å². The van der Waals surface area contributed by atoms with Crippen molar-refractivity contribution in [3.8, 4) is 0 Å². The van der Waals surface area contributed by atoms with E-state index in [1.54, 1.807) is 6.92 Å². The fourth-order valence-corrected chi connectivity index (χ4v) is 1.88. The topological polar surface area (TPSA) is 26.3 Å². The summed E-state index contributed by atoms with van der Waals surface area (Å²) in [4.78, 5) is 11.1. The highest BCUT2D eigenvalue weighted by molar-refractivity contribution is 5.86. The first kappa shape index (κ1) is 23.2. The third-order valence-electron chi connectivity index (χ3n) is 3.08. The summed E-state index contributed by atoms with van der Waals surface area (Å²) in [6.45, 7) is 15.5. The SMILES string of the molecule is C=C(C)C.C=C(C)C(=O)OCCCCCCCCCCCC. The molecule has 0 saturated carbocycles. The lowest BCUT2D eigenvalue weighted by molar-refractivity contribution is -0.139. The second-order valence-corrected chi connectivity index (χ2v) is 6.31. The van der Waals surface area contributed by atoms with Crippen LogP contribution in [-0.4, -0.2) is 12.6 Å². The number of hydrogen-bond donors (Lipinski definition) is 0. The van der Waals surface area contributed by atoms with Crippen molar-refractivity contribution in [3.63, 3.8) is 0 Å². The van der Waals surface area contributed by atoms with E-state index >= 15 is 0 Å². The summed E-state index contributed by atoms with van der Waals surface area (Å²) in [6.07, 6.45) is 13.0. The van der Waals surface area contributed by atoms with Crippen LogP contribution in [0.5, 0.6) is 0 Å². The summed E-state index contributed by atoms with van der Waals surface area (Å²) < 4.78 is 5.04. The van der Waals surface area contributed by atoms with Crippen LogP contribution in [0.2, 0.25) is 0 Å². The first-order valence-electron chi connectivity index (χ1n) is 8.86. The smallest absolute Gasteiger partial charge is 0.333 e. The number of esters is 1. The summed E-state index contributed by atoms with van der Waals surface area (Å²) in [5.74, 6) is -0.258. The van der Waals surface area contributed by atoms with Gasteiger partial charge in [-0.3, -0.25) is 0 Å². The number of rotatable bonds is 12. The van der Waals surface area contributed by atoms with E-state index in [4.69, 9.17) is 4.74 Å². The van der Waals surface area contributed by atoms with Crippen LogP contribution < -0.4 is 0 Å². The number of hydrogen-bond acceptors (Lipinski definition) is 2. The van der Waals surface area contributed by atoms with Crippen molar-refractivity contribution in [2.45, 2.75) is 91.9 Å². The molecule has 22 heavy (non-hydrogen) atoms. The molecule has 0 unspecified atom stereocenters. The lowest BCUT2D eigenvalue weighted by atomic mass is 10.1. The highest BCUT2D eigenvalue weighted by atomic mass is 16.5. The molecule has 0 aromatic carbocycles. The fourth-order valence-electron chi connectivity index (χ4n) is 1.88. The van der Waals surface area contributed by atoms with Crippen molar-refractivity contribution in [1.82, 2.24) is 0 Å². The fraction of sp³-hybridized carbons (Fsp3) is 0.750. The lowest BCUT2D eigenvalue weighted by Gasteiger charge is -2.04. The Bertz CT molecular complexity index is 288. The van der Waals surface area contributed by atoms with Gasteiger partial charge >= 0.3 is 5.97 Å². The molecule has 0 aliphatic carbocycles. The molecule has 0 fully saturated rings. The summed E-state index contributed by atoms with van der Waals surface area (Å²) >= 11 is 0. The van der Waals surface area contributed by atoms with Crippen molar-refractivity contribution in [3.05, 3.63) is 24.3 Å². The van der Waals surface area contributed by atoms with Gasteiger partial charge in [-0.1, -0.05) is 76.9 Å². The molecule has 0 atom stereocenters. The summed E-state index contributed by atoms with van der Waals surface area (Å²) in [6, 6.07) is 0. The average molecular weight is 311 g/mol. The molecule has 0 heterocycles. The van der Waals surface area contributed by atoms with Gasteiger partial charge in [0, 0.05) is 5.57 Å². The zero-order chi connectivity index (χ0) is 17.2. The van der Waals surface area contributed by atoms with E-state index in [9.17, 15) is 4.79 Å². The number of unbranched alkanes of at least 4 members (excludes halogenated alkanes) is 9. The molecule has 2 heteroatoms. The summed E-state index contributed by atoms with van der Waals surface area (Å²) in [5, 5.41) is 0. The minimum absolute atomic E-state index is 0.258. The average Bonchev–Trinajstić information content (AvgIpc) is 2.43. The first-order chi connectivity index (χ1) is 10.4. The van der Waals surface area contributed by atoms with Gasteiger partial charge in [0.25, 0.3) is 0 Å². The third-order valence-corrected chi connectivity index (χ3v) is 3.08. The van der Waals surface area contributed by atoms with Gasteiger partial charge in [0.15, 0.2) is 0 Å². The molecule has 0 spiro atoms. The van der Waals surface area contributed by atoms with E-state index in [-0.39, 0.29) is 5.97 Å². The van der Waals surface area contributed by atoms with Crippen molar-refractivity contribution in [1.29, 1.82) is 0 Å². The van der Waals surface area contributed by atoms with Gasteiger partial charge in [0.05, 0.1) is 6.61 Å². The monoisotopic (exact) mass is 310 g/mol. The molecule has 130 valence electrons.